The topological polar surface area (TPSA) is 34.4 Å². The Kier molecular flexibility index (Phi) is 6.19. The second kappa shape index (κ2) is 7.47. The molecule has 1 aromatic rings. The van der Waals surface area contributed by atoms with Crippen LogP contribution in [0.5, 0.6) is 0 Å². The highest BCUT2D eigenvalue weighted by Gasteiger charge is 2.11. The molecule has 0 amide bonds. The molecule has 0 aromatic carbocycles. The summed E-state index contributed by atoms with van der Waals surface area (Å²) in [6.45, 7) is 5.26. The van der Waals surface area contributed by atoms with E-state index in [-0.39, 0.29) is 0 Å². The highest BCUT2D eigenvalue weighted by atomic mass is 16.5. The molecule has 3 nitrogen and oxygen atoms in total. The molecule has 1 N–H and O–H groups in total. The molecule has 2 atom stereocenters. The summed E-state index contributed by atoms with van der Waals surface area (Å²) in [6.07, 6.45) is 7.15. The van der Waals surface area contributed by atoms with Gasteiger partial charge in [0, 0.05) is 13.2 Å². The van der Waals surface area contributed by atoms with Gasteiger partial charge >= 0.3 is 0 Å². The van der Waals surface area contributed by atoms with E-state index < -0.39 is 0 Å². The smallest absolute Gasteiger partial charge is 0.0935 e. The van der Waals surface area contributed by atoms with Gasteiger partial charge in [-0.05, 0) is 44.4 Å². The molecule has 0 radical (unpaired) electrons. The van der Waals surface area contributed by atoms with Gasteiger partial charge in [0.1, 0.15) is 0 Å². The second-order valence-electron chi connectivity index (χ2n) is 4.21. The largest absolute Gasteiger partial charge is 0.472 e. The van der Waals surface area contributed by atoms with Gasteiger partial charge < -0.3 is 14.5 Å². The van der Waals surface area contributed by atoms with Crippen molar-refractivity contribution in [2.75, 3.05) is 13.7 Å². The lowest BCUT2D eigenvalue weighted by Gasteiger charge is -2.19. The van der Waals surface area contributed by atoms with Gasteiger partial charge in [-0.25, -0.2) is 0 Å². The fourth-order valence-corrected chi connectivity index (χ4v) is 1.81. The third-order valence-electron chi connectivity index (χ3n) is 2.88. The van der Waals surface area contributed by atoms with Crippen LogP contribution in [0.3, 0.4) is 0 Å². The summed E-state index contributed by atoms with van der Waals surface area (Å²) >= 11 is 0. The summed E-state index contributed by atoms with van der Waals surface area (Å²) in [5.41, 5.74) is 1.26. The minimum absolute atomic E-state index is 0.338. The lowest BCUT2D eigenvalue weighted by molar-refractivity contribution is 0.106. The van der Waals surface area contributed by atoms with E-state index in [0.29, 0.717) is 12.1 Å². The Bertz CT molecular complexity index is 259. The van der Waals surface area contributed by atoms with Gasteiger partial charge in [-0.15, -0.1) is 0 Å². The molecule has 0 bridgehead atoms. The zero-order valence-corrected chi connectivity index (χ0v) is 10.5. The van der Waals surface area contributed by atoms with E-state index in [1.807, 2.05) is 12.3 Å². The maximum Gasteiger partial charge on any atom is 0.0935 e. The fraction of sp³-hybridized carbons (Fsp3) is 0.692. The minimum atomic E-state index is 0.338. The summed E-state index contributed by atoms with van der Waals surface area (Å²) < 4.78 is 10.4. The van der Waals surface area contributed by atoms with Crippen molar-refractivity contribution < 1.29 is 9.15 Å². The lowest BCUT2D eigenvalue weighted by atomic mass is 10.0. The van der Waals surface area contributed by atoms with E-state index in [0.717, 1.165) is 25.8 Å². The van der Waals surface area contributed by atoms with Gasteiger partial charge in [0.15, 0.2) is 0 Å². The number of nitrogens with one attached hydrogen (secondary N) is 1. The first-order chi connectivity index (χ1) is 7.76. The van der Waals surface area contributed by atoms with Crippen LogP contribution in [0.4, 0.5) is 0 Å². The Morgan fingerprint density at radius 3 is 2.81 bits per heavy atom. The molecule has 1 rings (SSSR count). The van der Waals surface area contributed by atoms with Crippen LogP contribution in [0, 0.1) is 0 Å². The van der Waals surface area contributed by atoms with Crippen molar-refractivity contribution in [1.29, 1.82) is 0 Å². The molecule has 1 aromatic heterocycles. The highest BCUT2D eigenvalue weighted by molar-refractivity contribution is 5.07. The molecule has 0 saturated carbocycles. The quantitative estimate of drug-likeness (QED) is 0.738. The second-order valence-corrected chi connectivity index (χ2v) is 4.21. The number of ether oxygens (including phenoxy) is 1. The number of furan rings is 1. The molecule has 0 spiro atoms. The summed E-state index contributed by atoms with van der Waals surface area (Å²) in [5, 5.41) is 3.50. The van der Waals surface area contributed by atoms with E-state index in [2.05, 4.69) is 19.2 Å². The van der Waals surface area contributed by atoms with Crippen LogP contribution >= 0.6 is 0 Å². The number of hydrogen-bond donors (Lipinski definition) is 1. The molecule has 1 heterocycles. The number of likely N-dealkylation sites (N-methyl/N-ethyl adjacent to an activating group) is 1. The maximum absolute atomic E-state index is 5.27. The van der Waals surface area contributed by atoms with Crippen LogP contribution in [-0.2, 0) is 11.2 Å². The molecular weight excluding hydrogens is 202 g/mol. The number of methoxy groups -OCH3 is 1. The van der Waals surface area contributed by atoms with Crippen molar-refractivity contribution in [1.82, 2.24) is 5.32 Å². The predicted octanol–water partition coefficient (Wildman–Crippen LogP) is 2.62. The van der Waals surface area contributed by atoms with Crippen LogP contribution in [0.2, 0.25) is 0 Å². The first-order valence-corrected chi connectivity index (χ1v) is 6.03. The van der Waals surface area contributed by atoms with E-state index >= 15 is 0 Å². The number of hydrogen-bond acceptors (Lipinski definition) is 3. The molecule has 0 fully saturated rings. The summed E-state index contributed by atoms with van der Waals surface area (Å²) in [4.78, 5) is 0. The van der Waals surface area contributed by atoms with Gasteiger partial charge in [-0.2, -0.15) is 0 Å². The first-order valence-electron chi connectivity index (χ1n) is 6.03. The lowest BCUT2D eigenvalue weighted by Crippen LogP contribution is -2.31. The molecule has 0 aliphatic rings. The molecule has 0 aliphatic carbocycles. The monoisotopic (exact) mass is 225 g/mol. The third-order valence-corrected chi connectivity index (χ3v) is 2.88. The SMILES string of the molecule is CCNC(CCC(C)OC)Cc1ccoc1. The van der Waals surface area contributed by atoms with Gasteiger partial charge in [0.25, 0.3) is 0 Å². The standard InChI is InChI=1S/C13H23NO2/c1-4-14-13(6-5-11(2)15-3)9-12-7-8-16-10-12/h7-8,10-11,13-14H,4-6,9H2,1-3H3. The van der Waals surface area contributed by atoms with Crippen LogP contribution in [0.15, 0.2) is 23.0 Å². The normalized spacial score (nSPS) is 14.9. The van der Waals surface area contributed by atoms with Crippen molar-refractivity contribution in [3.8, 4) is 0 Å². The molecule has 0 saturated heterocycles. The Balaban J connectivity index is 2.35. The van der Waals surface area contributed by atoms with Crippen molar-refractivity contribution in [3.05, 3.63) is 24.2 Å². The Morgan fingerprint density at radius 2 is 2.25 bits per heavy atom. The zero-order valence-electron chi connectivity index (χ0n) is 10.5. The van der Waals surface area contributed by atoms with Crippen molar-refractivity contribution in [2.45, 2.75) is 45.3 Å². The average Bonchev–Trinajstić information content (AvgIpc) is 2.78. The number of rotatable bonds is 8. The van der Waals surface area contributed by atoms with Crippen LogP contribution in [-0.4, -0.2) is 25.8 Å². The summed E-state index contributed by atoms with van der Waals surface area (Å²) in [7, 11) is 1.77. The average molecular weight is 225 g/mol. The highest BCUT2D eigenvalue weighted by Crippen LogP contribution is 2.10. The molecule has 16 heavy (non-hydrogen) atoms. The zero-order chi connectivity index (χ0) is 11.8. The van der Waals surface area contributed by atoms with Gasteiger partial charge in [0.05, 0.1) is 18.6 Å². The van der Waals surface area contributed by atoms with Gasteiger partial charge in [-0.1, -0.05) is 6.92 Å². The van der Waals surface area contributed by atoms with E-state index in [1.54, 1.807) is 13.4 Å². The van der Waals surface area contributed by atoms with Crippen molar-refractivity contribution in [2.24, 2.45) is 0 Å². The first kappa shape index (κ1) is 13.3. The minimum Gasteiger partial charge on any atom is -0.472 e. The Hall–Kier alpha value is -0.800. The van der Waals surface area contributed by atoms with Gasteiger partial charge in [-0.3, -0.25) is 0 Å². The van der Waals surface area contributed by atoms with Crippen molar-refractivity contribution >= 4 is 0 Å². The van der Waals surface area contributed by atoms with Gasteiger partial charge in [0.2, 0.25) is 0 Å². The van der Waals surface area contributed by atoms with Crippen LogP contribution in [0.1, 0.15) is 32.3 Å². The summed E-state index contributed by atoms with van der Waals surface area (Å²) in [6, 6.07) is 2.55. The predicted molar refractivity (Wildman–Crippen MR) is 65.6 cm³/mol. The maximum atomic E-state index is 5.27. The molecular formula is C13H23NO2. The molecule has 92 valence electrons. The van der Waals surface area contributed by atoms with E-state index in [1.165, 1.54) is 5.56 Å². The van der Waals surface area contributed by atoms with Crippen molar-refractivity contribution in [3.63, 3.8) is 0 Å². The fourth-order valence-electron chi connectivity index (χ4n) is 1.81. The molecule has 3 heteroatoms. The molecule has 0 aliphatic heterocycles. The third kappa shape index (κ3) is 4.81. The summed E-state index contributed by atoms with van der Waals surface area (Å²) in [5.74, 6) is 0. The van der Waals surface area contributed by atoms with Crippen LogP contribution in [0.25, 0.3) is 0 Å². The molecule has 2 unspecified atom stereocenters. The Morgan fingerprint density at radius 1 is 1.44 bits per heavy atom. The van der Waals surface area contributed by atoms with E-state index in [9.17, 15) is 0 Å². The Labute approximate surface area is 98.2 Å². The van der Waals surface area contributed by atoms with E-state index in [4.69, 9.17) is 9.15 Å². The van der Waals surface area contributed by atoms with Crippen LogP contribution < -0.4 is 5.32 Å².